The minimum Gasteiger partial charge on any atom is -0.393 e. The number of nitrogens with one attached hydrogen (secondary N) is 1. The number of thiol groups is 1. The Labute approximate surface area is 122 Å². The molecule has 1 saturated heterocycles. The van der Waals surface area contributed by atoms with Crippen LogP contribution in [0.3, 0.4) is 0 Å². The van der Waals surface area contributed by atoms with Crippen molar-refractivity contribution in [2.24, 2.45) is 0 Å². The van der Waals surface area contributed by atoms with Gasteiger partial charge in [0.1, 0.15) is 11.4 Å². The number of rotatable bonds is 2. The van der Waals surface area contributed by atoms with Gasteiger partial charge in [0, 0.05) is 0 Å². The van der Waals surface area contributed by atoms with Gasteiger partial charge in [-0.25, -0.2) is 9.37 Å². The van der Waals surface area contributed by atoms with Gasteiger partial charge in [-0.05, 0) is 0 Å². The lowest BCUT2D eigenvalue weighted by Gasteiger charge is -2.21. The van der Waals surface area contributed by atoms with E-state index in [1.807, 2.05) is 0 Å². The van der Waals surface area contributed by atoms with Gasteiger partial charge in [0.25, 0.3) is 11.4 Å². The molecule has 21 heavy (non-hydrogen) atoms. The molecule has 2 aromatic heterocycles. The zero-order chi connectivity index (χ0) is 15.4. The molecule has 9 nitrogen and oxygen atoms in total. The molecule has 1 fully saturated rings. The molecule has 3 rings (SSSR count). The minimum absolute atomic E-state index is 0.0109. The number of imidazole rings is 1. The average molecular weight is 317 g/mol. The number of nitrogens with zero attached hydrogens (tertiary/aromatic N) is 3. The lowest BCUT2D eigenvalue weighted by Crippen LogP contribution is -2.42. The highest BCUT2D eigenvalue weighted by atomic mass is 32.1. The number of alkyl halides is 1. The fourth-order valence-electron chi connectivity index (χ4n) is 2.25. The minimum atomic E-state index is -2.84. The summed E-state index contributed by atoms with van der Waals surface area (Å²) in [6.45, 7) is -0.733. The average Bonchev–Trinajstić information content (AvgIpc) is 2.91. The van der Waals surface area contributed by atoms with E-state index in [0.717, 1.165) is 0 Å². The lowest BCUT2D eigenvalue weighted by atomic mass is 10.1. The van der Waals surface area contributed by atoms with Crippen molar-refractivity contribution in [3.63, 3.8) is 0 Å². The molecule has 11 heteroatoms. The Bertz CT molecular complexity index is 747. The van der Waals surface area contributed by atoms with Gasteiger partial charge in [-0.1, -0.05) is 0 Å². The van der Waals surface area contributed by atoms with Gasteiger partial charge in [-0.15, -0.1) is 0 Å². The highest BCUT2D eigenvalue weighted by molar-refractivity contribution is 7.81. The van der Waals surface area contributed by atoms with Gasteiger partial charge in [0.05, 0.1) is 12.9 Å². The van der Waals surface area contributed by atoms with Crippen LogP contribution < -0.4 is 11.3 Å². The number of hydrogen-bond acceptors (Lipinski definition) is 8. The second-order valence-electron chi connectivity index (χ2n) is 4.65. The maximum Gasteiger partial charge on any atom is 0.280 e. The van der Waals surface area contributed by atoms with Gasteiger partial charge < -0.3 is 20.7 Å². The van der Waals surface area contributed by atoms with E-state index < -0.39 is 35.6 Å². The van der Waals surface area contributed by atoms with Crippen LogP contribution in [0.1, 0.15) is 6.23 Å². The molecule has 5 N–H and O–H groups in total. The van der Waals surface area contributed by atoms with Crippen molar-refractivity contribution >= 4 is 29.7 Å². The van der Waals surface area contributed by atoms with Crippen LogP contribution in [0.4, 0.5) is 10.3 Å². The van der Waals surface area contributed by atoms with E-state index in [4.69, 9.17) is 15.6 Å². The van der Waals surface area contributed by atoms with E-state index in [2.05, 4.69) is 27.6 Å². The second-order valence-corrected chi connectivity index (χ2v) is 5.20. The molecule has 1 aliphatic rings. The predicted molar refractivity (Wildman–Crippen MR) is 72.4 cm³/mol. The summed E-state index contributed by atoms with van der Waals surface area (Å²) in [5.41, 5.74) is 4.96. The molecule has 0 bridgehead atoms. The molecule has 0 amide bonds. The second kappa shape index (κ2) is 4.66. The number of anilines is 1. The largest absolute Gasteiger partial charge is 0.393 e. The first-order valence-corrected chi connectivity index (χ1v) is 6.46. The summed E-state index contributed by atoms with van der Waals surface area (Å²) in [5, 5.41) is 17.4. The summed E-state index contributed by atoms with van der Waals surface area (Å²) in [5.74, 6) is -2.98. The third kappa shape index (κ3) is 2.00. The molecule has 0 spiro atoms. The van der Waals surface area contributed by atoms with E-state index in [1.165, 1.54) is 10.9 Å². The van der Waals surface area contributed by atoms with E-state index in [9.17, 15) is 14.3 Å². The Morgan fingerprint density at radius 3 is 3.00 bits per heavy atom. The lowest BCUT2D eigenvalue weighted by molar-refractivity contribution is -0.148. The third-order valence-corrected chi connectivity index (χ3v) is 3.95. The Balaban J connectivity index is 2.12. The summed E-state index contributed by atoms with van der Waals surface area (Å²) in [6, 6.07) is 0. The summed E-state index contributed by atoms with van der Waals surface area (Å²) in [7, 11) is 0. The van der Waals surface area contributed by atoms with Crippen LogP contribution >= 0.6 is 12.6 Å². The number of ether oxygens (including phenoxy) is 1. The molecule has 0 radical (unpaired) electrons. The highest BCUT2D eigenvalue weighted by Crippen LogP contribution is 2.42. The summed E-state index contributed by atoms with van der Waals surface area (Å²) in [6.07, 6.45) is -1.38. The quantitative estimate of drug-likeness (QED) is 0.427. The Morgan fingerprint density at radius 2 is 2.38 bits per heavy atom. The summed E-state index contributed by atoms with van der Waals surface area (Å²) in [4.78, 5) is 21.7. The van der Waals surface area contributed by atoms with E-state index in [0.29, 0.717) is 0 Å². The van der Waals surface area contributed by atoms with Crippen LogP contribution in [0.2, 0.25) is 0 Å². The van der Waals surface area contributed by atoms with Crippen LogP contribution in [0, 0.1) is 0 Å². The first-order valence-electron chi connectivity index (χ1n) is 5.94. The maximum atomic E-state index is 14.1. The fourth-order valence-corrected chi connectivity index (χ4v) is 2.63. The zero-order valence-electron chi connectivity index (χ0n) is 10.5. The zero-order valence-corrected chi connectivity index (χ0v) is 11.4. The van der Waals surface area contributed by atoms with Crippen LogP contribution in [-0.2, 0) is 4.74 Å². The number of aromatic nitrogens is 4. The summed E-state index contributed by atoms with van der Waals surface area (Å²) >= 11 is 3.99. The first-order chi connectivity index (χ1) is 9.86. The van der Waals surface area contributed by atoms with Crippen LogP contribution in [0.5, 0.6) is 0 Å². The van der Waals surface area contributed by atoms with Gasteiger partial charge in [0.15, 0.2) is 17.4 Å². The predicted octanol–water partition coefficient (Wildman–Crippen LogP) is -1.45. The van der Waals surface area contributed by atoms with Crippen molar-refractivity contribution in [1.29, 1.82) is 0 Å². The van der Waals surface area contributed by atoms with E-state index in [-0.39, 0.29) is 17.1 Å². The van der Waals surface area contributed by atoms with Crippen LogP contribution in [0.15, 0.2) is 11.1 Å². The first kappa shape index (κ1) is 14.3. The topological polar surface area (TPSA) is 139 Å². The van der Waals surface area contributed by atoms with Crippen molar-refractivity contribution in [2.45, 2.75) is 23.4 Å². The molecule has 0 aliphatic carbocycles. The van der Waals surface area contributed by atoms with Gasteiger partial charge in [-0.2, -0.15) is 17.6 Å². The number of hydrogen-bond donors (Lipinski definition) is 5. The van der Waals surface area contributed by atoms with Crippen molar-refractivity contribution < 1.29 is 19.3 Å². The van der Waals surface area contributed by atoms with Gasteiger partial charge in [0.2, 0.25) is 5.95 Å². The smallest absolute Gasteiger partial charge is 0.280 e. The number of H-pyrrole nitrogens is 1. The van der Waals surface area contributed by atoms with Gasteiger partial charge in [-0.3, -0.25) is 14.3 Å². The number of halogens is 1. The molecular weight excluding hydrogens is 305 g/mol. The molecular formula is C10H12FN5O4S. The monoisotopic (exact) mass is 317 g/mol. The third-order valence-electron chi connectivity index (χ3n) is 3.33. The van der Waals surface area contributed by atoms with Crippen molar-refractivity contribution in [3.8, 4) is 0 Å². The molecule has 3 heterocycles. The summed E-state index contributed by atoms with van der Waals surface area (Å²) < 4.78 is 20.6. The van der Waals surface area contributed by atoms with Crippen LogP contribution in [-0.4, -0.2) is 53.5 Å². The number of aromatic amines is 1. The Kier molecular flexibility index (Phi) is 3.16. The molecule has 0 unspecified atom stereocenters. The Morgan fingerprint density at radius 1 is 1.67 bits per heavy atom. The fraction of sp³-hybridized carbons (Fsp3) is 0.500. The SMILES string of the molecule is Nc1nc2c(ncn2[C@@H]2O[C@H](CO)[C@](O)(F)[C@H]2S)c(=O)[nH]1. The molecule has 2 aromatic rings. The molecule has 1 aliphatic heterocycles. The number of aliphatic hydroxyl groups is 2. The van der Waals surface area contributed by atoms with Crippen molar-refractivity contribution in [1.82, 2.24) is 19.5 Å². The number of nitrogens with two attached hydrogens (primary N) is 1. The molecule has 0 saturated carbocycles. The standard InChI is InChI=1S/C10H12FN5O4S/c11-10(19)3(1-17)20-8(5(10)21)16-2-13-4-6(16)14-9(12)15-7(4)18/h2-3,5,8,17,19,21H,1H2,(H3,12,14,15,18)/t3-,5+,8-,10-/m1/s1. The number of aliphatic hydroxyl groups excluding tert-OH is 1. The van der Waals surface area contributed by atoms with Crippen molar-refractivity contribution in [3.05, 3.63) is 16.7 Å². The van der Waals surface area contributed by atoms with Gasteiger partial charge >= 0.3 is 0 Å². The maximum absolute atomic E-state index is 14.1. The molecule has 114 valence electrons. The van der Waals surface area contributed by atoms with E-state index >= 15 is 0 Å². The van der Waals surface area contributed by atoms with Crippen LogP contribution in [0.25, 0.3) is 11.2 Å². The highest BCUT2D eigenvalue weighted by Gasteiger charge is 2.56. The number of nitrogen functional groups attached to an aromatic ring is 1. The van der Waals surface area contributed by atoms with Crippen molar-refractivity contribution in [2.75, 3.05) is 12.3 Å². The number of fused-ring (bicyclic) bond motifs is 1. The Hall–Kier alpha value is -1.69. The molecule has 0 aromatic carbocycles. The molecule has 4 atom stereocenters. The normalized spacial score (nSPS) is 32.9. The van der Waals surface area contributed by atoms with E-state index in [1.54, 1.807) is 0 Å².